The van der Waals surface area contributed by atoms with E-state index in [2.05, 4.69) is 12.2 Å². The number of likely N-dealkylation sites (tertiary alicyclic amines) is 1. The smallest absolute Gasteiger partial charge is 0.317 e. The average molecular weight is 213 g/mol. The van der Waals surface area contributed by atoms with Gasteiger partial charge in [0.2, 0.25) is 0 Å². The van der Waals surface area contributed by atoms with Gasteiger partial charge in [0.1, 0.15) is 0 Å². The summed E-state index contributed by atoms with van der Waals surface area (Å²) < 4.78 is 0. The van der Waals surface area contributed by atoms with E-state index < -0.39 is 0 Å². The van der Waals surface area contributed by atoms with E-state index in [0.29, 0.717) is 5.92 Å². The zero-order chi connectivity index (χ0) is 11.3. The van der Waals surface area contributed by atoms with Crippen LogP contribution in [0, 0.1) is 5.92 Å². The van der Waals surface area contributed by atoms with Gasteiger partial charge in [-0.2, -0.15) is 0 Å². The number of nitrogens with two attached hydrogens (primary N) is 1. The van der Waals surface area contributed by atoms with E-state index in [4.69, 9.17) is 5.73 Å². The first kappa shape index (κ1) is 12.3. The van der Waals surface area contributed by atoms with Crippen molar-refractivity contribution in [2.24, 2.45) is 11.7 Å². The van der Waals surface area contributed by atoms with Gasteiger partial charge in [-0.3, -0.25) is 0 Å². The van der Waals surface area contributed by atoms with Crippen molar-refractivity contribution in [1.29, 1.82) is 0 Å². The summed E-state index contributed by atoms with van der Waals surface area (Å²) in [7, 11) is 0. The topological polar surface area (TPSA) is 58.4 Å². The summed E-state index contributed by atoms with van der Waals surface area (Å²) in [6.45, 7) is 6.59. The largest absolute Gasteiger partial charge is 0.338 e. The Bertz CT molecular complexity index is 206. The minimum Gasteiger partial charge on any atom is -0.338 e. The fourth-order valence-corrected chi connectivity index (χ4v) is 1.88. The lowest BCUT2D eigenvalue weighted by atomic mass is 10.0. The lowest BCUT2D eigenvalue weighted by Crippen LogP contribution is -2.40. The fraction of sp³-hybridized carbons (Fsp3) is 0.909. The summed E-state index contributed by atoms with van der Waals surface area (Å²) in [6, 6.07) is 0.269. The van der Waals surface area contributed by atoms with Crippen LogP contribution in [0.3, 0.4) is 0 Å². The molecule has 0 aromatic heterocycles. The van der Waals surface area contributed by atoms with Crippen molar-refractivity contribution in [3.63, 3.8) is 0 Å². The van der Waals surface area contributed by atoms with Gasteiger partial charge in [0.15, 0.2) is 0 Å². The zero-order valence-corrected chi connectivity index (χ0v) is 9.83. The minimum absolute atomic E-state index is 0.0756. The van der Waals surface area contributed by atoms with Crippen LogP contribution in [0.2, 0.25) is 0 Å². The first-order valence-corrected chi connectivity index (χ1v) is 5.93. The van der Waals surface area contributed by atoms with Gasteiger partial charge in [0.05, 0.1) is 0 Å². The van der Waals surface area contributed by atoms with Crippen molar-refractivity contribution in [3.8, 4) is 0 Å². The predicted molar refractivity (Wildman–Crippen MR) is 61.6 cm³/mol. The molecule has 2 atom stereocenters. The summed E-state index contributed by atoms with van der Waals surface area (Å²) in [5.41, 5.74) is 5.82. The highest BCUT2D eigenvalue weighted by Crippen LogP contribution is 2.18. The summed E-state index contributed by atoms with van der Waals surface area (Å²) in [5, 5.41) is 2.93. The Morgan fingerprint density at radius 2 is 2.40 bits per heavy atom. The molecule has 1 heterocycles. The van der Waals surface area contributed by atoms with Gasteiger partial charge < -0.3 is 16.0 Å². The Kier molecular flexibility index (Phi) is 4.88. The number of urea groups is 1. The molecule has 0 spiro atoms. The van der Waals surface area contributed by atoms with Crippen molar-refractivity contribution in [1.82, 2.24) is 10.2 Å². The van der Waals surface area contributed by atoms with E-state index in [-0.39, 0.29) is 12.1 Å². The van der Waals surface area contributed by atoms with Gasteiger partial charge in [0.25, 0.3) is 0 Å². The van der Waals surface area contributed by atoms with E-state index in [0.717, 1.165) is 38.9 Å². The van der Waals surface area contributed by atoms with Crippen molar-refractivity contribution < 1.29 is 4.79 Å². The second-order valence-corrected chi connectivity index (χ2v) is 4.44. The first-order chi connectivity index (χ1) is 7.15. The molecule has 3 N–H and O–H groups in total. The molecule has 15 heavy (non-hydrogen) atoms. The molecule has 88 valence electrons. The molecule has 0 aliphatic carbocycles. The van der Waals surface area contributed by atoms with Crippen molar-refractivity contribution in [2.45, 2.75) is 39.2 Å². The van der Waals surface area contributed by atoms with E-state index in [1.807, 2.05) is 11.8 Å². The molecule has 0 aromatic rings. The molecule has 2 amide bonds. The molecule has 1 rings (SSSR count). The average Bonchev–Trinajstić information content (AvgIpc) is 2.66. The maximum absolute atomic E-state index is 11.7. The van der Waals surface area contributed by atoms with Crippen molar-refractivity contribution in [2.75, 3.05) is 19.6 Å². The highest BCUT2D eigenvalue weighted by Gasteiger charge is 2.27. The monoisotopic (exact) mass is 213 g/mol. The SMILES string of the molecule is CCCCNC(=O)N1CCC(C(C)N)C1. The van der Waals surface area contributed by atoms with Crippen LogP contribution < -0.4 is 11.1 Å². The summed E-state index contributed by atoms with van der Waals surface area (Å²) >= 11 is 0. The molecule has 1 aliphatic heterocycles. The lowest BCUT2D eigenvalue weighted by Gasteiger charge is -2.18. The van der Waals surface area contributed by atoms with Crippen LogP contribution in [0.4, 0.5) is 4.79 Å². The molecular weight excluding hydrogens is 190 g/mol. The molecule has 0 saturated carbocycles. The highest BCUT2D eigenvalue weighted by molar-refractivity contribution is 5.74. The van der Waals surface area contributed by atoms with Gasteiger partial charge in [0, 0.05) is 25.7 Å². The third kappa shape index (κ3) is 3.70. The Morgan fingerprint density at radius 1 is 1.67 bits per heavy atom. The fourth-order valence-electron chi connectivity index (χ4n) is 1.88. The number of carbonyl (C=O) groups excluding carboxylic acids is 1. The number of nitrogens with one attached hydrogen (secondary N) is 1. The minimum atomic E-state index is 0.0756. The van der Waals surface area contributed by atoms with Crippen LogP contribution in [-0.4, -0.2) is 36.6 Å². The number of unbranched alkanes of at least 4 members (excludes halogenated alkanes) is 1. The summed E-state index contributed by atoms with van der Waals surface area (Å²) in [5.74, 6) is 0.474. The van der Waals surface area contributed by atoms with Gasteiger partial charge >= 0.3 is 6.03 Å². The number of hydrogen-bond donors (Lipinski definition) is 2. The number of rotatable bonds is 4. The Morgan fingerprint density at radius 3 is 2.93 bits per heavy atom. The molecule has 1 fully saturated rings. The van der Waals surface area contributed by atoms with Crippen molar-refractivity contribution >= 4 is 6.03 Å². The number of hydrogen-bond acceptors (Lipinski definition) is 2. The number of amides is 2. The maximum Gasteiger partial charge on any atom is 0.317 e. The second-order valence-electron chi connectivity index (χ2n) is 4.44. The molecule has 1 aliphatic rings. The molecular formula is C11H23N3O. The van der Waals surface area contributed by atoms with Gasteiger partial charge in [-0.15, -0.1) is 0 Å². The Hall–Kier alpha value is -0.770. The van der Waals surface area contributed by atoms with Crippen molar-refractivity contribution in [3.05, 3.63) is 0 Å². The van der Waals surface area contributed by atoms with Crippen LogP contribution in [0.5, 0.6) is 0 Å². The van der Waals surface area contributed by atoms with Crippen LogP contribution in [-0.2, 0) is 0 Å². The maximum atomic E-state index is 11.7. The lowest BCUT2D eigenvalue weighted by molar-refractivity contribution is 0.206. The predicted octanol–water partition coefficient (Wildman–Crippen LogP) is 1.17. The van der Waals surface area contributed by atoms with Crippen LogP contribution in [0.1, 0.15) is 33.1 Å². The molecule has 0 bridgehead atoms. The van der Waals surface area contributed by atoms with Crippen LogP contribution >= 0.6 is 0 Å². The summed E-state index contributed by atoms with van der Waals surface area (Å²) in [6.07, 6.45) is 3.21. The quantitative estimate of drug-likeness (QED) is 0.689. The molecule has 4 nitrogen and oxygen atoms in total. The van der Waals surface area contributed by atoms with Gasteiger partial charge in [-0.05, 0) is 25.7 Å². The molecule has 1 saturated heterocycles. The third-order valence-electron chi connectivity index (χ3n) is 3.06. The van der Waals surface area contributed by atoms with E-state index in [1.165, 1.54) is 0 Å². The standard InChI is InChI=1S/C11H23N3O/c1-3-4-6-13-11(15)14-7-5-10(8-14)9(2)12/h9-10H,3-8,12H2,1-2H3,(H,13,15). The van der Waals surface area contributed by atoms with E-state index in [9.17, 15) is 4.79 Å². The number of carbonyl (C=O) groups is 1. The molecule has 2 unspecified atom stereocenters. The van der Waals surface area contributed by atoms with Crippen LogP contribution in [0.15, 0.2) is 0 Å². The third-order valence-corrected chi connectivity index (χ3v) is 3.06. The van der Waals surface area contributed by atoms with E-state index >= 15 is 0 Å². The van der Waals surface area contributed by atoms with Gasteiger partial charge in [-0.25, -0.2) is 4.79 Å². The molecule has 0 radical (unpaired) electrons. The highest BCUT2D eigenvalue weighted by atomic mass is 16.2. The molecule has 4 heteroatoms. The normalized spacial score (nSPS) is 22.9. The Labute approximate surface area is 92.2 Å². The summed E-state index contributed by atoms with van der Waals surface area (Å²) in [4.78, 5) is 13.5. The Balaban J connectivity index is 2.24. The first-order valence-electron chi connectivity index (χ1n) is 5.93. The zero-order valence-electron chi connectivity index (χ0n) is 9.83. The second kappa shape index (κ2) is 5.95. The van der Waals surface area contributed by atoms with Crippen LogP contribution in [0.25, 0.3) is 0 Å². The van der Waals surface area contributed by atoms with Gasteiger partial charge in [-0.1, -0.05) is 13.3 Å². The molecule has 0 aromatic carbocycles. The van der Waals surface area contributed by atoms with E-state index in [1.54, 1.807) is 0 Å². The number of nitrogens with zero attached hydrogens (tertiary/aromatic N) is 1.